The van der Waals surface area contributed by atoms with Crippen LogP contribution in [0.25, 0.3) is 0 Å². The van der Waals surface area contributed by atoms with Crippen molar-refractivity contribution in [3.05, 3.63) is 0 Å². The molecule has 0 aromatic carbocycles. The van der Waals surface area contributed by atoms with Crippen molar-refractivity contribution >= 4 is 0 Å². The third-order valence-electron chi connectivity index (χ3n) is 2.28. The molecule has 2 atom stereocenters. The lowest BCUT2D eigenvalue weighted by Crippen LogP contribution is -2.28. The van der Waals surface area contributed by atoms with E-state index >= 15 is 0 Å². The molecular weight excluding hydrogens is 129 g/mol. The molecule has 0 saturated carbocycles. The van der Waals surface area contributed by atoms with Crippen LogP contribution in [0.2, 0.25) is 0 Å². The van der Waals surface area contributed by atoms with E-state index < -0.39 is 6.17 Å². The second kappa shape index (κ2) is 2.87. The van der Waals surface area contributed by atoms with Gasteiger partial charge in [-0.25, -0.2) is 4.39 Å². The van der Waals surface area contributed by atoms with Crippen LogP contribution >= 0.6 is 0 Å². The van der Waals surface area contributed by atoms with Crippen LogP contribution in [0.5, 0.6) is 0 Å². The first-order chi connectivity index (χ1) is 4.61. The zero-order valence-corrected chi connectivity index (χ0v) is 6.97. The Morgan fingerprint density at radius 1 is 1.40 bits per heavy atom. The molecule has 2 heteroatoms. The summed E-state index contributed by atoms with van der Waals surface area (Å²) in [5, 5.41) is 0. The van der Waals surface area contributed by atoms with Crippen LogP contribution < -0.4 is 0 Å². The normalized spacial score (nSPS) is 35.7. The van der Waals surface area contributed by atoms with E-state index in [9.17, 15) is 4.39 Å². The van der Waals surface area contributed by atoms with Gasteiger partial charge in [-0.2, -0.15) is 0 Å². The monoisotopic (exact) mass is 145 g/mol. The molecule has 0 spiro atoms. The van der Waals surface area contributed by atoms with Gasteiger partial charge in [0, 0.05) is 25.0 Å². The maximum atomic E-state index is 12.9. The fourth-order valence-corrected chi connectivity index (χ4v) is 1.38. The fraction of sp³-hybridized carbons (Fsp3) is 1.00. The summed E-state index contributed by atoms with van der Waals surface area (Å²) in [5.74, 6) is 0.238. The molecule has 1 aliphatic heterocycles. The third kappa shape index (κ3) is 1.48. The zero-order valence-electron chi connectivity index (χ0n) is 6.97. The molecule has 0 aliphatic carbocycles. The van der Waals surface area contributed by atoms with E-state index in [0.29, 0.717) is 12.6 Å². The summed E-state index contributed by atoms with van der Waals surface area (Å²) < 4.78 is 12.9. The molecule has 60 valence electrons. The van der Waals surface area contributed by atoms with Crippen LogP contribution in [0.3, 0.4) is 0 Å². The Hall–Kier alpha value is -0.110. The SMILES string of the molecule is CC(C)N1C[C@H](C)[C@@H](F)C1. The molecular formula is C8H16FN. The Bertz CT molecular complexity index is 104. The number of hydrogen-bond donors (Lipinski definition) is 0. The molecule has 10 heavy (non-hydrogen) atoms. The number of nitrogens with zero attached hydrogens (tertiary/aromatic N) is 1. The van der Waals surface area contributed by atoms with Gasteiger partial charge in [0.25, 0.3) is 0 Å². The average Bonchev–Trinajstić information content (AvgIpc) is 2.13. The molecule has 0 N–H and O–H groups in total. The smallest absolute Gasteiger partial charge is 0.116 e. The molecule has 1 heterocycles. The standard InChI is InChI=1S/C8H16FN/c1-6(2)10-4-7(3)8(9)5-10/h6-8H,4-5H2,1-3H3/t7-,8-/m0/s1. The van der Waals surface area contributed by atoms with Gasteiger partial charge in [0.2, 0.25) is 0 Å². The molecule has 1 saturated heterocycles. The summed E-state index contributed by atoms with van der Waals surface area (Å²) in [6, 6.07) is 0.503. The molecule has 0 unspecified atom stereocenters. The second-order valence-electron chi connectivity index (χ2n) is 3.54. The number of hydrogen-bond acceptors (Lipinski definition) is 1. The van der Waals surface area contributed by atoms with Gasteiger partial charge in [0.05, 0.1) is 0 Å². The van der Waals surface area contributed by atoms with Crippen molar-refractivity contribution in [1.29, 1.82) is 0 Å². The van der Waals surface area contributed by atoms with E-state index in [1.807, 2.05) is 6.92 Å². The molecule has 1 nitrogen and oxygen atoms in total. The van der Waals surface area contributed by atoms with Crippen molar-refractivity contribution in [2.45, 2.75) is 33.0 Å². The molecule has 0 amide bonds. The van der Waals surface area contributed by atoms with Crippen molar-refractivity contribution < 1.29 is 4.39 Å². The maximum absolute atomic E-state index is 12.9. The lowest BCUT2D eigenvalue weighted by Gasteiger charge is -2.18. The van der Waals surface area contributed by atoms with E-state index in [-0.39, 0.29) is 5.92 Å². The summed E-state index contributed by atoms with van der Waals surface area (Å²) in [4.78, 5) is 2.19. The van der Waals surface area contributed by atoms with Crippen LogP contribution in [0, 0.1) is 5.92 Å². The van der Waals surface area contributed by atoms with Gasteiger partial charge in [-0.3, -0.25) is 4.90 Å². The van der Waals surface area contributed by atoms with Gasteiger partial charge < -0.3 is 0 Å². The summed E-state index contributed by atoms with van der Waals surface area (Å²) in [5.41, 5.74) is 0. The Labute approximate surface area is 62.2 Å². The highest BCUT2D eigenvalue weighted by Gasteiger charge is 2.30. The van der Waals surface area contributed by atoms with Gasteiger partial charge in [-0.15, -0.1) is 0 Å². The number of alkyl halides is 1. The largest absolute Gasteiger partial charge is 0.298 e. The third-order valence-corrected chi connectivity index (χ3v) is 2.28. The number of halogens is 1. The van der Waals surface area contributed by atoms with Crippen LogP contribution in [-0.2, 0) is 0 Å². The first-order valence-electron chi connectivity index (χ1n) is 3.99. The lowest BCUT2D eigenvalue weighted by atomic mass is 10.1. The first kappa shape index (κ1) is 7.99. The van der Waals surface area contributed by atoms with E-state index in [2.05, 4.69) is 18.7 Å². The van der Waals surface area contributed by atoms with Gasteiger partial charge in [0.1, 0.15) is 6.17 Å². The summed E-state index contributed by atoms with van der Waals surface area (Å²) >= 11 is 0. The highest BCUT2D eigenvalue weighted by Crippen LogP contribution is 2.20. The predicted molar refractivity (Wildman–Crippen MR) is 40.8 cm³/mol. The van der Waals surface area contributed by atoms with E-state index in [4.69, 9.17) is 0 Å². The van der Waals surface area contributed by atoms with Crippen molar-refractivity contribution in [2.24, 2.45) is 5.92 Å². The molecule has 0 bridgehead atoms. The predicted octanol–water partition coefficient (Wildman–Crippen LogP) is 1.68. The van der Waals surface area contributed by atoms with E-state index in [1.54, 1.807) is 0 Å². The minimum Gasteiger partial charge on any atom is -0.298 e. The molecule has 0 radical (unpaired) electrons. The van der Waals surface area contributed by atoms with Crippen molar-refractivity contribution in [3.63, 3.8) is 0 Å². The highest BCUT2D eigenvalue weighted by atomic mass is 19.1. The van der Waals surface area contributed by atoms with E-state index in [0.717, 1.165) is 6.54 Å². The van der Waals surface area contributed by atoms with Gasteiger partial charge in [0.15, 0.2) is 0 Å². The minimum absolute atomic E-state index is 0.238. The molecule has 1 aliphatic rings. The quantitative estimate of drug-likeness (QED) is 0.542. The minimum atomic E-state index is -0.595. The highest BCUT2D eigenvalue weighted by molar-refractivity contribution is 4.82. The Morgan fingerprint density at radius 2 is 2.00 bits per heavy atom. The summed E-state index contributed by atoms with van der Waals surface area (Å²) in [6.07, 6.45) is -0.595. The lowest BCUT2D eigenvalue weighted by molar-refractivity contribution is 0.245. The molecule has 0 aromatic heterocycles. The van der Waals surface area contributed by atoms with Gasteiger partial charge >= 0.3 is 0 Å². The van der Waals surface area contributed by atoms with Crippen LogP contribution in [-0.4, -0.2) is 30.2 Å². The molecule has 0 aromatic rings. The maximum Gasteiger partial charge on any atom is 0.116 e. The summed E-state index contributed by atoms with van der Waals surface area (Å²) in [6.45, 7) is 7.78. The van der Waals surface area contributed by atoms with Crippen molar-refractivity contribution in [1.82, 2.24) is 4.90 Å². The van der Waals surface area contributed by atoms with Crippen LogP contribution in [0.4, 0.5) is 4.39 Å². The zero-order chi connectivity index (χ0) is 7.72. The number of rotatable bonds is 1. The second-order valence-corrected chi connectivity index (χ2v) is 3.54. The first-order valence-corrected chi connectivity index (χ1v) is 3.99. The van der Waals surface area contributed by atoms with Gasteiger partial charge in [-0.05, 0) is 13.8 Å². The Morgan fingerprint density at radius 3 is 2.20 bits per heavy atom. The molecule has 1 fully saturated rings. The summed E-state index contributed by atoms with van der Waals surface area (Å²) in [7, 11) is 0. The van der Waals surface area contributed by atoms with Crippen LogP contribution in [0.1, 0.15) is 20.8 Å². The molecule has 1 rings (SSSR count). The van der Waals surface area contributed by atoms with Gasteiger partial charge in [-0.1, -0.05) is 6.92 Å². The Kier molecular flexibility index (Phi) is 2.29. The Balaban J connectivity index is 2.41. The fourth-order valence-electron chi connectivity index (χ4n) is 1.38. The van der Waals surface area contributed by atoms with Crippen LogP contribution in [0.15, 0.2) is 0 Å². The van der Waals surface area contributed by atoms with Crippen molar-refractivity contribution in [2.75, 3.05) is 13.1 Å². The number of likely N-dealkylation sites (tertiary alicyclic amines) is 1. The van der Waals surface area contributed by atoms with Crippen molar-refractivity contribution in [3.8, 4) is 0 Å². The topological polar surface area (TPSA) is 3.24 Å². The average molecular weight is 145 g/mol. The van der Waals surface area contributed by atoms with E-state index in [1.165, 1.54) is 0 Å².